The number of nitriles is 1. The number of rotatable bonds is 5. The lowest BCUT2D eigenvalue weighted by Gasteiger charge is -2.25. The SMILES string of the molecule is N#C[C@]1(c2ccc(-c3c(F)cc(N4CC(n5ccnn5)OC4=O)cc3F)cn2)[C@@H]2CN(C(=O)[C@@H]3CCCN3)C[C@@H]21. The second-order valence-electron chi connectivity index (χ2n) is 10.6. The highest BCUT2D eigenvalue weighted by molar-refractivity contribution is 5.90. The van der Waals surface area contributed by atoms with Gasteiger partial charge in [-0.15, -0.1) is 5.10 Å². The number of benzene rings is 1. The number of piperidine rings is 1. The molecule has 7 rings (SSSR count). The molecule has 0 radical (unpaired) electrons. The number of ether oxygens (including phenoxy) is 1. The maximum absolute atomic E-state index is 15.2. The van der Waals surface area contributed by atoms with Gasteiger partial charge in [-0.3, -0.25) is 14.7 Å². The van der Waals surface area contributed by atoms with Gasteiger partial charge >= 0.3 is 6.09 Å². The molecule has 5 atom stereocenters. The fourth-order valence-corrected chi connectivity index (χ4v) is 6.47. The zero-order valence-corrected chi connectivity index (χ0v) is 21.2. The Morgan fingerprint density at radius 1 is 1.18 bits per heavy atom. The standard InChI is InChI=1S/C27H24F2N8O3/c28-19-8-16(36-13-23(40-26(36)39)37-7-6-33-34-37)9-20(29)24(19)15-3-4-22(32-10-15)27(14-30)17-11-35(12-18(17)27)25(38)21-2-1-5-31-21/h3-4,6-10,17-18,21,23,31H,1-2,5,11-13H2/t17-,18+,21-,23?,27+/m0/s1. The molecule has 1 saturated carbocycles. The highest BCUT2D eigenvalue weighted by atomic mass is 19.1. The van der Waals surface area contributed by atoms with Gasteiger partial charge in [0.1, 0.15) is 17.0 Å². The van der Waals surface area contributed by atoms with Crippen LogP contribution in [0.15, 0.2) is 42.9 Å². The summed E-state index contributed by atoms with van der Waals surface area (Å²) in [5.74, 6) is -1.68. The predicted octanol–water partition coefficient (Wildman–Crippen LogP) is 2.38. The van der Waals surface area contributed by atoms with Crippen LogP contribution in [0.3, 0.4) is 0 Å². The van der Waals surface area contributed by atoms with Crippen molar-refractivity contribution < 1.29 is 23.1 Å². The number of carbonyl (C=O) groups excluding carboxylic acids is 2. The molecule has 1 aliphatic carbocycles. The minimum absolute atomic E-state index is 0.00937. The minimum atomic E-state index is -0.866. The van der Waals surface area contributed by atoms with E-state index in [2.05, 4.69) is 26.7 Å². The molecule has 0 bridgehead atoms. The number of likely N-dealkylation sites (tertiary alicyclic amines) is 1. The molecular weight excluding hydrogens is 522 g/mol. The van der Waals surface area contributed by atoms with E-state index in [9.17, 15) is 14.9 Å². The van der Waals surface area contributed by atoms with Crippen molar-refractivity contribution in [3.8, 4) is 17.2 Å². The summed E-state index contributed by atoms with van der Waals surface area (Å²) in [7, 11) is 0. The average Bonchev–Trinajstić information content (AvgIpc) is 3.64. The number of hydrogen-bond donors (Lipinski definition) is 1. The molecule has 40 heavy (non-hydrogen) atoms. The van der Waals surface area contributed by atoms with Crippen LogP contribution in [0.5, 0.6) is 0 Å². The first-order valence-electron chi connectivity index (χ1n) is 13.1. The highest BCUT2D eigenvalue weighted by Gasteiger charge is 2.71. The molecule has 1 unspecified atom stereocenters. The molecule has 204 valence electrons. The number of hydrogen-bond acceptors (Lipinski definition) is 8. The van der Waals surface area contributed by atoms with Gasteiger partial charge in [-0.1, -0.05) is 11.3 Å². The summed E-state index contributed by atoms with van der Waals surface area (Å²) in [4.78, 5) is 32.5. The maximum Gasteiger partial charge on any atom is 0.416 e. The molecule has 4 fully saturated rings. The lowest BCUT2D eigenvalue weighted by atomic mass is 9.95. The van der Waals surface area contributed by atoms with E-state index in [0.717, 1.165) is 36.4 Å². The molecule has 3 aromatic rings. The normalized spacial score (nSPS) is 28.9. The Morgan fingerprint density at radius 3 is 2.55 bits per heavy atom. The molecule has 13 heteroatoms. The fourth-order valence-electron chi connectivity index (χ4n) is 6.47. The number of cyclic esters (lactones) is 1. The molecule has 3 aliphatic heterocycles. The highest BCUT2D eigenvalue weighted by Crippen LogP contribution is 2.62. The van der Waals surface area contributed by atoms with E-state index in [0.29, 0.717) is 18.8 Å². The van der Waals surface area contributed by atoms with E-state index in [1.165, 1.54) is 23.3 Å². The molecule has 3 saturated heterocycles. The monoisotopic (exact) mass is 546 g/mol. The van der Waals surface area contributed by atoms with E-state index in [1.807, 2.05) is 4.90 Å². The second kappa shape index (κ2) is 9.06. The largest absolute Gasteiger partial charge is 0.421 e. The molecule has 5 heterocycles. The number of nitrogens with zero attached hydrogens (tertiary/aromatic N) is 7. The number of anilines is 1. The summed E-state index contributed by atoms with van der Waals surface area (Å²) in [6, 6.07) is 7.60. The van der Waals surface area contributed by atoms with Crippen LogP contribution in [-0.4, -0.2) is 69.1 Å². The Kier molecular flexibility index (Phi) is 5.57. The Hall–Kier alpha value is -4.44. The zero-order chi connectivity index (χ0) is 27.6. The van der Waals surface area contributed by atoms with Crippen LogP contribution in [0.1, 0.15) is 24.8 Å². The van der Waals surface area contributed by atoms with Crippen LogP contribution in [0.25, 0.3) is 11.1 Å². The molecule has 0 spiro atoms. The fraction of sp³-hybridized carbons (Fsp3) is 0.407. The Bertz CT molecular complexity index is 1500. The quantitative estimate of drug-likeness (QED) is 0.517. The van der Waals surface area contributed by atoms with Gasteiger partial charge in [0.25, 0.3) is 0 Å². The van der Waals surface area contributed by atoms with Gasteiger partial charge in [0.05, 0.1) is 41.8 Å². The smallest absolute Gasteiger partial charge is 0.416 e. The van der Waals surface area contributed by atoms with Gasteiger partial charge in [-0.2, -0.15) is 5.26 Å². The van der Waals surface area contributed by atoms with E-state index in [1.54, 1.807) is 12.1 Å². The van der Waals surface area contributed by atoms with Crippen molar-refractivity contribution in [1.82, 2.24) is 30.2 Å². The van der Waals surface area contributed by atoms with Gasteiger partial charge in [0.15, 0.2) is 0 Å². The molecule has 1 N–H and O–H groups in total. The number of carbonyl (C=O) groups is 2. The van der Waals surface area contributed by atoms with Crippen molar-refractivity contribution in [1.29, 1.82) is 5.26 Å². The van der Waals surface area contributed by atoms with Crippen molar-refractivity contribution >= 4 is 17.7 Å². The number of amides is 2. The van der Waals surface area contributed by atoms with Crippen molar-refractivity contribution in [2.45, 2.75) is 30.5 Å². The lowest BCUT2D eigenvalue weighted by molar-refractivity contribution is -0.132. The van der Waals surface area contributed by atoms with Gasteiger partial charge in [0.2, 0.25) is 12.1 Å². The molecular formula is C27H24F2N8O3. The van der Waals surface area contributed by atoms with Gasteiger partial charge in [0, 0.05) is 42.9 Å². The van der Waals surface area contributed by atoms with Crippen LogP contribution < -0.4 is 10.2 Å². The van der Waals surface area contributed by atoms with Gasteiger partial charge in [-0.05, 0) is 37.6 Å². The van der Waals surface area contributed by atoms with Crippen molar-refractivity contribution in [2.75, 3.05) is 31.1 Å². The van der Waals surface area contributed by atoms with Gasteiger partial charge < -0.3 is 15.0 Å². The molecule has 4 aliphatic rings. The van der Waals surface area contributed by atoms with Crippen molar-refractivity contribution in [3.05, 3.63) is 60.2 Å². The third-order valence-corrected chi connectivity index (χ3v) is 8.58. The first kappa shape index (κ1) is 24.6. The number of fused-ring (bicyclic) bond motifs is 1. The van der Waals surface area contributed by atoms with Crippen LogP contribution >= 0.6 is 0 Å². The van der Waals surface area contributed by atoms with Gasteiger partial charge in [-0.25, -0.2) is 18.3 Å². The first-order chi connectivity index (χ1) is 19.4. The molecule has 11 nitrogen and oxygen atoms in total. The van der Waals surface area contributed by atoms with E-state index < -0.39 is 29.4 Å². The Balaban J connectivity index is 1.08. The van der Waals surface area contributed by atoms with E-state index in [4.69, 9.17) is 4.74 Å². The zero-order valence-electron chi connectivity index (χ0n) is 21.2. The summed E-state index contributed by atoms with van der Waals surface area (Å²) < 4.78 is 37.0. The summed E-state index contributed by atoms with van der Waals surface area (Å²) in [5, 5.41) is 20.8. The number of aromatic nitrogens is 4. The van der Waals surface area contributed by atoms with Crippen LogP contribution in [-0.2, 0) is 14.9 Å². The van der Waals surface area contributed by atoms with Crippen molar-refractivity contribution in [3.63, 3.8) is 0 Å². The average molecular weight is 547 g/mol. The van der Waals surface area contributed by atoms with E-state index >= 15 is 8.78 Å². The second-order valence-corrected chi connectivity index (χ2v) is 10.6. The number of pyridine rings is 1. The van der Waals surface area contributed by atoms with Crippen LogP contribution in [0.2, 0.25) is 0 Å². The van der Waals surface area contributed by atoms with Crippen LogP contribution in [0, 0.1) is 34.8 Å². The number of nitrogens with one attached hydrogen (secondary N) is 1. The minimum Gasteiger partial charge on any atom is -0.421 e. The van der Waals surface area contributed by atoms with E-state index in [-0.39, 0.29) is 47.1 Å². The predicted molar refractivity (Wildman–Crippen MR) is 134 cm³/mol. The molecule has 2 amide bonds. The molecule has 2 aromatic heterocycles. The third kappa shape index (κ3) is 3.66. The Labute approximate surface area is 227 Å². The van der Waals surface area contributed by atoms with Crippen molar-refractivity contribution in [2.24, 2.45) is 11.8 Å². The summed E-state index contributed by atoms with van der Waals surface area (Å²) >= 11 is 0. The summed E-state index contributed by atoms with van der Waals surface area (Å²) in [6.45, 7) is 1.85. The number of halogens is 2. The van der Waals surface area contributed by atoms with Crippen LogP contribution in [0.4, 0.5) is 19.3 Å². The Morgan fingerprint density at radius 2 is 1.95 bits per heavy atom. The molecule has 1 aromatic carbocycles. The topological polar surface area (TPSA) is 129 Å². The summed E-state index contributed by atoms with van der Waals surface area (Å²) in [5.41, 5.74) is -0.340. The first-order valence-corrected chi connectivity index (χ1v) is 13.1. The lowest BCUT2D eigenvalue weighted by Crippen LogP contribution is -2.44. The third-order valence-electron chi connectivity index (χ3n) is 8.58. The summed E-state index contributed by atoms with van der Waals surface area (Å²) in [6.07, 6.45) is 4.61. The maximum atomic E-state index is 15.2.